The highest BCUT2D eigenvalue weighted by molar-refractivity contribution is 7.90. The zero-order valence-electron chi connectivity index (χ0n) is 15.3. The van der Waals surface area contributed by atoms with Gasteiger partial charge in [-0.25, -0.2) is 8.42 Å². The van der Waals surface area contributed by atoms with Gasteiger partial charge in [0.05, 0.1) is 21.7 Å². The van der Waals surface area contributed by atoms with Crippen LogP contribution < -0.4 is 9.54 Å². The monoisotopic (exact) mass is 404 g/mol. The second-order valence-electron chi connectivity index (χ2n) is 5.90. The molecule has 3 rings (SSSR count). The molecule has 1 amide bonds. The number of hydrogen-bond acceptors (Lipinski definition) is 5. The molecule has 0 aliphatic rings. The van der Waals surface area contributed by atoms with Gasteiger partial charge < -0.3 is 9.30 Å². The van der Waals surface area contributed by atoms with Crippen molar-refractivity contribution in [1.29, 1.82) is 0 Å². The normalized spacial score (nSPS) is 12.5. The Kier molecular flexibility index (Phi) is 5.48. The standard InChI is InChI=1S/C19H20N2O4S2/c1-4-21-16-11-8-14(25-5-2)12-17(16)26-19(21)20-18(22)13-6-9-15(10-7-13)27(3,23)24/h6-12H,4-5H2,1-3H3. The van der Waals surface area contributed by atoms with E-state index in [1.54, 1.807) is 0 Å². The fourth-order valence-corrected chi connectivity index (χ4v) is 4.45. The Labute approximate surface area is 161 Å². The van der Waals surface area contributed by atoms with Gasteiger partial charge in [0.1, 0.15) is 5.75 Å². The van der Waals surface area contributed by atoms with Gasteiger partial charge in [0.25, 0.3) is 5.91 Å². The fraction of sp³-hybridized carbons (Fsp3) is 0.263. The molecule has 0 spiro atoms. The van der Waals surface area contributed by atoms with Gasteiger partial charge in [-0.05, 0) is 56.3 Å². The summed E-state index contributed by atoms with van der Waals surface area (Å²) >= 11 is 1.42. The van der Waals surface area contributed by atoms with Gasteiger partial charge in [-0.15, -0.1) is 0 Å². The van der Waals surface area contributed by atoms with Gasteiger partial charge in [-0.3, -0.25) is 4.79 Å². The van der Waals surface area contributed by atoms with Crippen molar-refractivity contribution in [3.8, 4) is 5.75 Å². The Morgan fingerprint density at radius 3 is 2.44 bits per heavy atom. The second kappa shape index (κ2) is 7.66. The third kappa shape index (κ3) is 4.12. The molecule has 8 heteroatoms. The molecule has 0 fully saturated rings. The highest BCUT2D eigenvalue weighted by Gasteiger charge is 2.11. The van der Waals surface area contributed by atoms with Crippen molar-refractivity contribution in [3.05, 3.63) is 52.8 Å². The summed E-state index contributed by atoms with van der Waals surface area (Å²) in [5.74, 6) is 0.373. The molecule has 2 aromatic carbocycles. The van der Waals surface area contributed by atoms with Crippen LogP contribution in [0.4, 0.5) is 0 Å². The van der Waals surface area contributed by atoms with Gasteiger partial charge in [-0.2, -0.15) is 4.99 Å². The number of ether oxygens (including phenoxy) is 1. The second-order valence-corrected chi connectivity index (χ2v) is 8.93. The predicted octanol–water partition coefficient (Wildman–Crippen LogP) is 3.27. The van der Waals surface area contributed by atoms with Crippen molar-refractivity contribution in [3.63, 3.8) is 0 Å². The molecule has 0 radical (unpaired) electrons. The minimum atomic E-state index is -3.30. The van der Waals surface area contributed by atoms with Gasteiger partial charge in [-0.1, -0.05) is 11.3 Å². The van der Waals surface area contributed by atoms with Crippen molar-refractivity contribution in [1.82, 2.24) is 4.57 Å². The molecule has 0 aliphatic heterocycles. The molecule has 0 saturated heterocycles. The number of benzene rings is 2. The number of nitrogens with zero attached hydrogens (tertiary/aromatic N) is 2. The number of carbonyl (C=O) groups excluding carboxylic acids is 1. The smallest absolute Gasteiger partial charge is 0.279 e. The highest BCUT2D eigenvalue weighted by atomic mass is 32.2. The van der Waals surface area contributed by atoms with E-state index in [1.807, 2.05) is 36.6 Å². The third-order valence-electron chi connectivity index (χ3n) is 4.01. The molecule has 0 atom stereocenters. The molecule has 142 valence electrons. The van der Waals surface area contributed by atoms with E-state index in [9.17, 15) is 13.2 Å². The van der Waals surface area contributed by atoms with E-state index >= 15 is 0 Å². The summed E-state index contributed by atoms with van der Waals surface area (Å²) < 4.78 is 31.6. The Balaban J connectivity index is 2.02. The van der Waals surface area contributed by atoms with Crippen LogP contribution in [0.5, 0.6) is 5.75 Å². The number of hydrogen-bond donors (Lipinski definition) is 0. The van der Waals surface area contributed by atoms with Crippen LogP contribution >= 0.6 is 11.3 Å². The molecular weight excluding hydrogens is 384 g/mol. The molecule has 6 nitrogen and oxygen atoms in total. The van der Waals surface area contributed by atoms with Crippen LogP contribution in [0.1, 0.15) is 24.2 Å². The number of thiazole rings is 1. The SMILES string of the molecule is CCOc1ccc2c(c1)sc(=NC(=O)c1ccc(S(C)(=O)=O)cc1)n2CC. The zero-order valence-corrected chi connectivity index (χ0v) is 16.9. The third-order valence-corrected chi connectivity index (χ3v) is 6.18. The van der Waals surface area contributed by atoms with Gasteiger partial charge in [0.15, 0.2) is 14.6 Å². The van der Waals surface area contributed by atoms with Crippen LogP contribution in [-0.4, -0.2) is 31.8 Å². The van der Waals surface area contributed by atoms with E-state index in [0.29, 0.717) is 23.5 Å². The summed E-state index contributed by atoms with van der Waals surface area (Å²) in [4.78, 5) is 17.6. The summed E-state index contributed by atoms with van der Waals surface area (Å²) in [7, 11) is -3.30. The summed E-state index contributed by atoms with van der Waals surface area (Å²) in [6, 6.07) is 11.6. The number of amides is 1. The quantitative estimate of drug-likeness (QED) is 0.654. The molecule has 0 saturated carbocycles. The fourth-order valence-electron chi connectivity index (χ4n) is 2.70. The Morgan fingerprint density at radius 2 is 1.85 bits per heavy atom. The van der Waals surface area contributed by atoms with Crippen LogP contribution in [0.25, 0.3) is 10.2 Å². The lowest BCUT2D eigenvalue weighted by molar-refractivity contribution is 0.0997. The molecule has 0 aliphatic carbocycles. The minimum absolute atomic E-state index is 0.174. The van der Waals surface area contributed by atoms with E-state index in [0.717, 1.165) is 22.2 Å². The van der Waals surface area contributed by atoms with Crippen molar-refractivity contribution in [2.24, 2.45) is 4.99 Å². The van der Waals surface area contributed by atoms with Gasteiger partial charge in [0, 0.05) is 18.4 Å². The lowest BCUT2D eigenvalue weighted by atomic mass is 10.2. The Morgan fingerprint density at radius 1 is 1.15 bits per heavy atom. The Bertz CT molecular complexity index is 1160. The summed E-state index contributed by atoms with van der Waals surface area (Å²) in [5, 5.41) is 0. The number of aryl methyl sites for hydroxylation is 1. The summed E-state index contributed by atoms with van der Waals surface area (Å²) in [5.41, 5.74) is 1.34. The largest absolute Gasteiger partial charge is 0.494 e. The van der Waals surface area contributed by atoms with Gasteiger partial charge >= 0.3 is 0 Å². The van der Waals surface area contributed by atoms with Crippen molar-refractivity contribution < 1.29 is 17.9 Å². The summed E-state index contributed by atoms with van der Waals surface area (Å²) in [6.07, 6.45) is 1.13. The molecule has 1 aromatic heterocycles. The predicted molar refractivity (Wildman–Crippen MR) is 106 cm³/mol. The molecule has 27 heavy (non-hydrogen) atoms. The number of sulfone groups is 1. The molecular formula is C19H20N2O4S2. The first-order valence-electron chi connectivity index (χ1n) is 8.49. The number of rotatable bonds is 5. The maximum atomic E-state index is 12.5. The number of carbonyl (C=O) groups is 1. The highest BCUT2D eigenvalue weighted by Crippen LogP contribution is 2.23. The molecule has 3 aromatic rings. The lowest BCUT2D eigenvalue weighted by Gasteiger charge is -2.03. The van der Waals surface area contributed by atoms with Crippen LogP contribution in [0.2, 0.25) is 0 Å². The maximum absolute atomic E-state index is 12.5. The summed E-state index contributed by atoms with van der Waals surface area (Å²) in [6.45, 7) is 5.18. The van der Waals surface area contributed by atoms with Crippen LogP contribution in [0.15, 0.2) is 52.4 Å². The number of fused-ring (bicyclic) bond motifs is 1. The van der Waals surface area contributed by atoms with E-state index < -0.39 is 15.7 Å². The molecule has 0 bridgehead atoms. The van der Waals surface area contributed by atoms with Crippen molar-refractivity contribution in [2.45, 2.75) is 25.3 Å². The van der Waals surface area contributed by atoms with Crippen LogP contribution in [0, 0.1) is 0 Å². The first-order valence-corrected chi connectivity index (χ1v) is 11.2. The molecule has 1 heterocycles. The van der Waals surface area contributed by atoms with E-state index in [4.69, 9.17) is 4.74 Å². The van der Waals surface area contributed by atoms with E-state index in [-0.39, 0.29) is 4.90 Å². The lowest BCUT2D eigenvalue weighted by Crippen LogP contribution is -2.15. The molecule has 0 unspecified atom stereocenters. The topological polar surface area (TPSA) is 77.7 Å². The van der Waals surface area contributed by atoms with Crippen molar-refractivity contribution in [2.75, 3.05) is 12.9 Å². The van der Waals surface area contributed by atoms with Crippen LogP contribution in [-0.2, 0) is 16.4 Å². The number of aromatic nitrogens is 1. The van der Waals surface area contributed by atoms with E-state index in [2.05, 4.69) is 4.99 Å². The van der Waals surface area contributed by atoms with Crippen molar-refractivity contribution >= 4 is 37.3 Å². The minimum Gasteiger partial charge on any atom is -0.494 e. The Hall–Kier alpha value is -2.45. The molecule has 0 N–H and O–H groups in total. The maximum Gasteiger partial charge on any atom is 0.279 e. The van der Waals surface area contributed by atoms with E-state index in [1.165, 1.54) is 35.6 Å². The average Bonchev–Trinajstić information content (AvgIpc) is 2.97. The first kappa shape index (κ1) is 19.3. The average molecular weight is 405 g/mol. The first-order chi connectivity index (χ1) is 12.8. The zero-order chi connectivity index (χ0) is 19.6. The van der Waals surface area contributed by atoms with Gasteiger partial charge in [0.2, 0.25) is 0 Å². The van der Waals surface area contributed by atoms with Crippen LogP contribution in [0.3, 0.4) is 0 Å².